The third kappa shape index (κ3) is 4.47. The fourth-order valence-corrected chi connectivity index (χ4v) is 10.7. The van der Waals surface area contributed by atoms with Gasteiger partial charge < -0.3 is 4.57 Å². The molecule has 0 atom stereocenters. The first-order valence-corrected chi connectivity index (χ1v) is 20.4. The predicted octanol–water partition coefficient (Wildman–Crippen LogP) is 14.3. The van der Waals surface area contributed by atoms with Gasteiger partial charge in [-0.2, -0.15) is 0 Å². The zero-order valence-electron chi connectivity index (χ0n) is 31.0. The molecule has 58 heavy (non-hydrogen) atoms. The van der Waals surface area contributed by atoms with Gasteiger partial charge in [-0.1, -0.05) is 158 Å². The number of fused-ring (bicyclic) bond motifs is 8. The molecule has 5 heteroatoms. The molecule has 12 aromatic rings. The third-order valence-corrected chi connectivity index (χ3v) is 13.1. The molecule has 0 bridgehead atoms. The molecule has 4 nitrogen and oxygen atoms in total. The first-order chi connectivity index (χ1) is 28.8. The Balaban J connectivity index is 1.09. The van der Waals surface area contributed by atoms with E-state index >= 15 is 0 Å². The van der Waals surface area contributed by atoms with Crippen molar-refractivity contribution in [3.63, 3.8) is 0 Å². The van der Waals surface area contributed by atoms with Crippen molar-refractivity contribution < 1.29 is 0 Å². The fourth-order valence-electron chi connectivity index (χ4n) is 9.42. The summed E-state index contributed by atoms with van der Waals surface area (Å²) < 4.78 is 5.00. The Morgan fingerprint density at radius 1 is 0.379 bits per heavy atom. The van der Waals surface area contributed by atoms with Crippen LogP contribution >= 0.6 is 11.3 Å². The molecular formula is C53H30N4S. The summed E-state index contributed by atoms with van der Waals surface area (Å²) in [7, 11) is 0. The molecule has 0 N–H and O–H groups in total. The maximum atomic E-state index is 5.06. The average molecular weight is 755 g/mol. The zero-order chi connectivity index (χ0) is 37.9. The quantitative estimate of drug-likeness (QED) is 0.180. The van der Waals surface area contributed by atoms with E-state index in [1.165, 1.54) is 91.5 Å². The molecule has 268 valence electrons. The van der Waals surface area contributed by atoms with Crippen molar-refractivity contribution in [2.24, 2.45) is 0 Å². The second-order valence-electron chi connectivity index (χ2n) is 15.1. The van der Waals surface area contributed by atoms with Gasteiger partial charge in [0, 0.05) is 48.3 Å². The Labute approximate surface area is 337 Å². The van der Waals surface area contributed by atoms with Crippen LogP contribution in [-0.2, 0) is 0 Å². The van der Waals surface area contributed by atoms with Gasteiger partial charge in [-0.3, -0.25) is 0 Å². The molecule has 0 aliphatic heterocycles. The topological polar surface area (TPSA) is 43.6 Å². The summed E-state index contributed by atoms with van der Waals surface area (Å²) in [6.07, 6.45) is 0. The van der Waals surface area contributed by atoms with E-state index in [1.54, 1.807) is 0 Å². The molecule has 0 unspecified atom stereocenters. The molecule has 1 aliphatic rings. The number of benzene rings is 9. The Kier molecular flexibility index (Phi) is 6.57. The Hall–Kier alpha value is -7.47. The lowest BCUT2D eigenvalue weighted by atomic mass is 9.92. The summed E-state index contributed by atoms with van der Waals surface area (Å²) in [5, 5.41) is 10.2. The molecule has 3 aromatic heterocycles. The molecule has 0 saturated heterocycles. The number of nitrogens with zero attached hydrogens (tertiary/aromatic N) is 4. The van der Waals surface area contributed by atoms with Crippen LogP contribution in [0.5, 0.6) is 0 Å². The van der Waals surface area contributed by atoms with Gasteiger partial charge in [0.2, 0.25) is 0 Å². The standard InChI is InChI=1S/C53H30N4S/c1-3-13-32(14-4-1)51-54-52(33-15-5-2-6-16-33)56-53(55-51)35-25-27-39-41-23-12-24-44(50(41)58-45(39)30-35)57-43-28-26-31-18-11-22-40-37-20-9-10-21-38(37)42-29-34-17-7-8-19-36(34)49(57)47(42)48(43)46(31)40/h1-30H. The Bertz CT molecular complexity index is 3620. The van der Waals surface area contributed by atoms with Gasteiger partial charge in [-0.25, -0.2) is 15.0 Å². The van der Waals surface area contributed by atoms with Crippen molar-refractivity contribution in [1.82, 2.24) is 19.5 Å². The van der Waals surface area contributed by atoms with E-state index in [1.807, 2.05) is 47.7 Å². The van der Waals surface area contributed by atoms with Gasteiger partial charge in [-0.15, -0.1) is 11.3 Å². The van der Waals surface area contributed by atoms with Crippen LogP contribution in [0.2, 0.25) is 0 Å². The van der Waals surface area contributed by atoms with Crippen molar-refractivity contribution in [2.45, 2.75) is 0 Å². The lowest BCUT2D eigenvalue weighted by Gasteiger charge is -2.15. The smallest absolute Gasteiger partial charge is 0.164 e. The van der Waals surface area contributed by atoms with Crippen LogP contribution in [0.3, 0.4) is 0 Å². The van der Waals surface area contributed by atoms with Crippen molar-refractivity contribution in [3.05, 3.63) is 182 Å². The number of hydrogen-bond acceptors (Lipinski definition) is 4. The summed E-state index contributed by atoms with van der Waals surface area (Å²) in [6.45, 7) is 0. The van der Waals surface area contributed by atoms with Gasteiger partial charge in [0.05, 0.1) is 21.4 Å². The molecular weight excluding hydrogens is 725 g/mol. The normalized spacial score (nSPS) is 12.1. The van der Waals surface area contributed by atoms with Crippen LogP contribution < -0.4 is 0 Å². The summed E-state index contributed by atoms with van der Waals surface area (Å²) in [5.74, 6) is 1.98. The van der Waals surface area contributed by atoms with E-state index in [9.17, 15) is 0 Å². The molecule has 0 fully saturated rings. The highest BCUT2D eigenvalue weighted by Gasteiger charge is 2.27. The molecule has 3 heterocycles. The van der Waals surface area contributed by atoms with Crippen LogP contribution in [-0.4, -0.2) is 19.5 Å². The van der Waals surface area contributed by atoms with Gasteiger partial charge in [0.15, 0.2) is 17.5 Å². The predicted molar refractivity (Wildman–Crippen MR) is 243 cm³/mol. The van der Waals surface area contributed by atoms with Crippen LogP contribution in [0.15, 0.2) is 182 Å². The highest BCUT2D eigenvalue weighted by atomic mass is 32.1. The summed E-state index contributed by atoms with van der Waals surface area (Å²) in [6, 6.07) is 65.5. The van der Waals surface area contributed by atoms with E-state index < -0.39 is 0 Å². The van der Waals surface area contributed by atoms with Crippen molar-refractivity contribution in [2.75, 3.05) is 0 Å². The largest absolute Gasteiger partial charge is 0.307 e. The molecule has 0 amide bonds. The fraction of sp³-hybridized carbons (Fsp3) is 0. The summed E-state index contributed by atoms with van der Waals surface area (Å²) in [5.41, 5.74) is 11.7. The monoisotopic (exact) mass is 754 g/mol. The van der Waals surface area contributed by atoms with E-state index in [0.29, 0.717) is 17.5 Å². The van der Waals surface area contributed by atoms with E-state index in [0.717, 1.165) is 16.7 Å². The Morgan fingerprint density at radius 3 is 1.78 bits per heavy atom. The number of thiophene rings is 1. The summed E-state index contributed by atoms with van der Waals surface area (Å²) >= 11 is 1.84. The Morgan fingerprint density at radius 2 is 1.00 bits per heavy atom. The van der Waals surface area contributed by atoms with Gasteiger partial charge in [-0.05, 0) is 62.7 Å². The van der Waals surface area contributed by atoms with Crippen LogP contribution in [0.25, 0.3) is 126 Å². The first-order valence-electron chi connectivity index (χ1n) is 19.6. The molecule has 13 rings (SSSR count). The second kappa shape index (κ2) is 12.0. The van der Waals surface area contributed by atoms with Crippen LogP contribution in [0, 0.1) is 0 Å². The number of aromatic nitrogens is 4. The highest BCUT2D eigenvalue weighted by molar-refractivity contribution is 7.26. The van der Waals surface area contributed by atoms with Crippen LogP contribution in [0.4, 0.5) is 0 Å². The summed E-state index contributed by atoms with van der Waals surface area (Å²) in [4.78, 5) is 15.0. The number of rotatable bonds is 4. The second-order valence-corrected chi connectivity index (χ2v) is 16.2. The molecule has 9 aromatic carbocycles. The van der Waals surface area contributed by atoms with Crippen molar-refractivity contribution in [1.29, 1.82) is 0 Å². The van der Waals surface area contributed by atoms with Gasteiger partial charge >= 0.3 is 0 Å². The molecule has 0 spiro atoms. The average Bonchev–Trinajstić information content (AvgIpc) is 3.82. The zero-order valence-corrected chi connectivity index (χ0v) is 31.8. The maximum absolute atomic E-state index is 5.06. The molecule has 0 radical (unpaired) electrons. The molecule has 1 aliphatic carbocycles. The van der Waals surface area contributed by atoms with E-state index in [-0.39, 0.29) is 0 Å². The number of hydrogen-bond donors (Lipinski definition) is 0. The minimum Gasteiger partial charge on any atom is -0.307 e. The third-order valence-electron chi connectivity index (χ3n) is 11.9. The first kappa shape index (κ1) is 31.7. The lowest BCUT2D eigenvalue weighted by Crippen LogP contribution is -1.99. The molecule has 0 saturated carbocycles. The van der Waals surface area contributed by atoms with Gasteiger partial charge in [0.1, 0.15) is 0 Å². The van der Waals surface area contributed by atoms with Crippen molar-refractivity contribution in [3.8, 4) is 62.1 Å². The highest BCUT2D eigenvalue weighted by Crippen LogP contribution is 2.52. The van der Waals surface area contributed by atoms with Crippen LogP contribution in [0.1, 0.15) is 0 Å². The van der Waals surface area contributed by atoms with E-state index in [2.05, 4.69) is 150 Å². The van der Waals surface area contributed by atoms with Crippen molar-refractivity contribution >= 4 is 74.9 Å². The maximum Gasteiger partial charge on any atom is 0.164 e. The van der Waals surface area contributed by atoms with Gasteiger partial charge in [0.25, 0.3) is 0 Å². The SMILES string of the molecule is c1ccc(-c2nc(-c3ccccc3)nc(-c3ccc4c(c3)sc3c(-n5c6ccc7cccc8c7c6c6c(cc7ccccc7c65)-c5ccccc5-8)cccc34)n2)cc1. The minimum absolute atomic E-state index is 0.658. The minimum atomic E-state index is 0.658. The van der Waals surface area contributed by atoms with E-state index in [4.69, 9.17) is 15.0 Å². The lowest BCUT2D eigenvalue weighted by molar-refractivity contribution is 1.07.